The number of nitrogens with zero attached hydrogens (tertiary/aromatic N) is 2. The Morgan fingerprint density at radius 2 is 2.31 bits per heavy atom. The Morgan fingerprint density at radius 1 is 1.46 bits per heavy atom. The van der Waals surface area contributed by atoms with E-state index in [-0.39, 0.29) is 5.69 Å². The normalized spacial score (nSPS) is 10.2. The molecule has 5 heteroatoms. The Morgan fingerprint density at radius 3 is 2.85 bits per heavy atom. The summed E-state index contributed by atoms with van der Waals surface area (Å²) in [6, 6.07) is 3.38. The second-order valence-electron chi connectivity index (χ2n) is 2.58. The van der Waals surface area contributed by atoms with Gasteiger partial charge in [-0.25, -0.2) is 9.78 Å². The Hall–Kier alpha value is -2.04. The fourth-order valence-electron chi connectivity index (χ4n) is 1.06. The standard InChI is InChI=1S/C8H8N4O/c9-7-2-1-6(5-11-7)12-4-3-10-8(12)13/h1-5H,(H2,9,11)(H,10,13). The van der Waals surface area contributed by atoms with Gasteiger partial charge in [0.05, 0.1) is 11.9 Å². The first-order chi connectivity index (χ1) is 6.27. The van der Waals surface area contributed by atoms with Crippen LogP contribution in [0.2, 0.25) is 0 Å². The van der Waals surface area contributed by atoms with Crippen molar-refractivity contribution in [2.45, 2.75) is 0 Å². The monoisotopic (exact) mass is 176 g/mol. The number of aromatic amines is 1. The van der Waals surface area contributed by atoms with Gasteiger partial charge in [-0.1, -0.05) is 0 Å². The number of anilines is 1. The lowest BCUT2D eigenvalue weighted by molar-refractivity contribution is 0.977. The van der Waals surface area contributed by atoms with Crippen LogP contribution in [0.4, 0.5) is 5.82 Å². The van der Waals surface area contributed by atoms with E-state index >= 15 is 0 Å². The van der Waals surface area contributed by atoms with Gasteiger partial charge in [-0.3, -0.25) is 4.57 Å². The summed E-state index contributed by atoms with van der Waals surface area (Å²) < 4.78 is 1.45. The molecule has 5 nitrogen and oxygen atoms in total. The first-order valence-corrected chi connectivity index (χ1v) is 3.75. The molecule has 0 aliphatic carbocycles. The molecule has 2 aromatic rings. The fourth-order valence-corrected chi connectivity index (χ4v) is 1.06. The van der Waals surface area contributed by atoms with Crippen LogP contribution in [-0.4, -0.2) is 14.5 Å². The van der Waals surface area contributed by atoms with Crippen LogP contribution >= 0.6 is 0 Å². The summed E-state index contributed by atoms with van der Waals surface area (Å²) >= 11 is 0. The van der Waals surface area contributed by atoms with Gasteiger partial charge in [-0.15, -0.1) is 0 Å². The van der Waals surface area contributed by atoms with Crippen molar-refractivity contribution in [3.05, 3.63) is 41.2 Å². The second-order valence-corrected chi connectivity index (χ2v) is 2.58. The average molecular weight is 176 g/mol. The fraction of sp³-hybridized carbons (Fsp3) is 0. The maximum Gasteiger partial charge on any atom is 0.330 e. The summed E-state index contributed by atoms with van der Waals surface area (Å²) in [6.07, 6.45) is 4.75. The summed E-state index contributed by atoms with van der Waals surface area (Å²) in [7, 11) is 0. The van der Waals surface area contributed by atoms with Crippen molar-refractivity contribution in [1.29, 1.82) is 0 Å². The van der Waals surface area contributed by atoms with Crippen molar-refractivity contribution in [2.75, 3.05) is 5.73 Å². The highest BCUT2D eigenvalue weighted by Crippen LogP contribution is 2.04. The number of H-pyrrole nitrogens is 1. The van der Waals surface area contributed by atoms with Gasteiger partial charge in [0.2, 0.25) is 0 Å². The highest BCUT2D eigenvalue weighted by molar-refractivity contribution is 5.36. The zero-order valence-electron chi connectivity index (χ0n) is 6.77. The predicted octanol–water partition coefficient (Wildman–Crippen LogP) is 0.143. The number of pyridine rings is 1. The number of imidazole rings is 1. The molecular weight excluding hydrogens is 168 g/mol. The Labute approximate surface area is 73.8 Å². The number of aromatic nitrogens is 3. The van der Waals surface area contributed by atoms with Crippen LogP contribution in [-0.2, 0) is 0 Å². The summed E-state index contributed by atoms with van der Waals surface area (Å²) in [6.45, 7) is 0. The topological polar surface area (TPSA) is 76.7 Å². The lowest BCUT2D eigenvalue weighted by Crippen LogP contribution is -2.14. The highest BCUT2D eigenvalue weighted by atomic mass is 16.1. The molecule has 0 saturated heterocycles. The molecule has 0 unspecified atom stereocenters. The van der Waals surface area contributed by atoms with Crippen molar-refractivity contribution in [1.82, 2.24) is 14.5 Å². The zero-order valence-corrected chi connectivity index (χ0v) is 6.77. The lowest BCUT2D eigenvalue weighted by Gasteiger charge is -1.99. The number of rotatable bonds is 1. The third kappa shape index (κ3) is 1.31. The Bertz CT molecular complexity index is 453. The van der Waals surface area contributed by atoms with Crippen LogP contribution < -0.4 is 11.4 Å². The Kier molecular flexibility index (Phi) is 1.63. The van der Waals surface area contributed by atoms with E-state index in [0.29, 0.717) is 11.5 Å². The summed E-state index contributed by atoms with van der Waals surface area (Å²) in [5.41, 5.74) is 5.92. The van der Waals surface area contributed by atoms with Crippen molar-refractivity contribution in [3.63, 3.8) is 0 Å². The minimum Gasteiger partial charge on any atom is -0.384 e. The molecule has 0 spiro atoms. The molecule has 0 bridgehead atoms. The summed E-state index contributed by atoms with van der Waals surface area (Å²) in [4.78, 5) is 17.6. The number of nitrogens with two attached hydrogens (primary N) is 1. The maximum atomic E-state index is 11.2. The van der Waals surface area contributed by atoms with Crippen molar-refractivity contribution < 1.29 is 0 Å². The van der Waals surface area contributed by atoms with Gasteiger partial charge >= 0.3 is 5.69 Å². The molecule has 0 aliphatic heterocycles. The van der Waals surface area contributed by atoms with Gasteiger partial charge in [0.15, 0.2) is 0 Å². The second kappa shape index (κ2) is 2.78. The smallest absolute Gasteiger partial charge is 0.330 e. The van der Waals surface area contributed by atoms with Crippen LogP contribution in [0.3, 0.4) is 0 Å². The SMILES string of the molecule is Nc1ccc(-n2cc[nH]c2=O)cn1. The third-order valence-corrected chi connectivity index (χ3v) is 1.70. The van der Waals surface area contributed by atoms with E-state index in [1.807, 2.05) is 0 Å². The van der Waals surface area contributed by atoms with Crippen LogP contribution in [0.25, 0.3) is 5.69 Å². The molecule has 0 amide bonds. The third-order valence-electron chi connectivity index (χ3n) is 1.70. The molecule has 66 valence electrons. The van der Waals surface area contributed by atoms with Gasteiger partial charge in [0, 0.05) is 12.4 Å². The molecule has 13 heavy (non-hydrogen) atoms. The van der Waals surface area contributed by atoms with Crippen LogP contribution in [0.1, 0.15) is 0 Å². The van der Waals surface area contributed by atoms with Gasteiger partial charge < -0.3 is 10.7 Å². The summed E-state index contributed by atoms with van der Waals surface area (Å²) in [5, 5.41) is 0. The van der Waals surface area contributed by atoms with E-state index < -0.39 is 0 Å². The van der Waals surface area contributed by atoms with Crippen LogP contribution in [0, 0.1) is 0 Å². The molecule has 0 aliphatic rings. The highest BCUT2D eigenvalue weighted by Gasteiger charge is 1.98. The van der Waals surface area contributed by atoms with E-state index in [4.69, 9.17) is 5.73 Å². The molecule has 0 atom stereocenters. The largest absolute Gasteiger partial charge is 0.384 e. The predicted molar refractivity (Wildman–Crippen MR) is 48.6 cm³/mol. The van der Waals surface area contributed by atoms with Gasteiger partial charge in [0.1, 0.15) is 5.82 Å². The molecule has 0 radical (unpaired) electrons. The minimum absolute atomic E-state index is 0.188. The van der Waals surface area contributed by atoms with E-state index in [9.17, 15) is 4.79 Å². The van der Waals surface area contributed by atoms with Crippen LogP contribution in [0.15, 0.2) is 35.5 Å². The van der Waals surface area contributed by atoms with E-state index in [1.165, 1.54) is 4.57 Å². The van der Waals surface area contributed by atoms with E-state index in [2.05, 4.69) is 9.97 Å². The van der Waals surface area contributed by atoms with Crippen molar-refractivity contribution in [3.8, 4) is 5.69 Å². The number of hydrogen-bond acceptors (Lipinski definition) is 3. The van der Waals surface area contributed by atoms with Gasteiger partial charge in [-0.05, 0) is 12.1 Å². The lowest BCUT2D eigenvalue weighted by atomic mass is 10.4. The van der Waals surface area contributed by atoms with E-state index in [0.717, 1.165) is 0 Å². The molecule has 2 heterocycles. The summed E-state index contributed by atoms with van der Waals surface area (Å²) in [5.74, 6) is 0.437. The van der Waals surface area contributed by atoms with Crippen molar-refractivity contribution in [2.24, 2.45) is 0 Å². The minimum atomic E-state index is -0.188. The molecule has 2 rings (SSSR count). The average Bonchev–Trinajstić information content (AvgIpc) is 2.53. The molecule has 0 aromatic carbocycles. The van der Waals surface area contributed by atoms with Gasteiger partial charge in [0.25, 0.3) is 0 Å². The quantitative estimate of drug-likeness (QED) is 0.649. The first kappa shape index (κ1) is 7.60. The molecule has 0 fully saturated rings. The zero-order chi connectivity index (χ0) is 9.26. The Balaban J connectivity index is 2.54. The van der Waals surface area contributed by atoms with Crippen LogP contribution in [0.5, 0.6) is 0 Å². The molecular formula is C8H8N4O. The molecule has 3 N–H and O–H groups in total. The van der Waals surface area contributed by atoms with Crippen molar-refractivity contribution >= 4 is 5.82 Å². The number of nitrogen functional groups attached to an aromatic ring is 1. The number of nitrogens with one attached hydrogen (secondary N) is 1. The first-order valence-electron chi connectivity index (χ1n) is 3.75. The number of hydrogen-bond donors (Lipinski definition) is 2. The van der Waals surface area contributed by atoms with Gasteiger partial charge in [-0.2, -0.15) is 0 Å². The molecule has 2 aromatic heterocycles. The maximum absolute atomic E-state index is 11.2. The molecule has 0 saturated carbocycles. The van der Waals surface area contributed by atoms with E-state index in [1.54, 1.807) is 30.7 Å².